The minimum Gasteiger partial charge on any atom is -0.339 e. The molecular formula is C13H22N4O3. The third-order valence-electron chi connectivity index (χ3n) is 3.82. The van der Waals surface area contributed by atoms with Crippen LogP contribution in [0.3, 0.4) is 0 Å². The maximum absolute atomic E-state index is 12.2. The molecule has 0 atom stereocenters. The molecule has 7 nitrogen and oxygen atoms in total. The molecule has 1 N–H and O–H groups in total. The van der Waals surface area contributed by atoms with Gasteiger partial charge in [-0.05, 0) is 13.0 Å². The monoisotopic (exact) mass is 282 g/mol. The van der Waals surface area contributed by atoms with Crippen LogP contribution in [-0.4, -0.2) is 84.8 Å². The molecule has 0 aromatic rings. The fourth-order valence-corrected chi connectivity index (χ4v) is 2.54. The van der Waals surface area contributed by atoms with Crippen LogP contribution < -0.4 is 5.32 Å². The van der Waals surface area contributed by atoms with E-state index in [1.165, 1.54) is 6.92 Å². The summed E-state index contributed by atoms with van der Waals surface area (Å²) < 4.78 is 0. The van der Waals surface area contributed by atoms with E-state index in [4.69, 9.17) is 0 Å². The zero-order valence-corrected chi connectivity index (χ0v) is 11.9. The minimum absolute atomic E-state index is 0.0158. The molecular weight excluding hydrogens is 260 g/mol. The number of carbonyl (C=O) groups is 3. The third kappa shape index (κ3) is 3.47. The molecule has 7 heteroatoms. The second kappa shape index (κ2) is 6.69. The van der Waals surface area contributed by atoms with Crippen molar-refractivity contribution in [2.75, 3.05) is 52.4 Å². The van der Waals surface area contributed by atoms with E-state index in [-0.39, 0.29) is 5.91 Å². The molecule has 0 aromatic heterocycles. The van der Waals surface area contributed by atoms with Crippen LogP contribution in [0.2, 0.25) is 0 Å². The number of rotatable bonds is 0. The summed E-state index contributed by atoms with van der Waals surface area (Å²) in [7, 11) is 0. The molecule has 0 unspecified atom stereocenters. The average Bonchev–Trinajstić information content (AvgIpc) is 2.75. The maximum Gasteiger partial charge on any atom is 0.312 e. The summed E-state index contributed by atoms with van der Waals surface area (Å²) in [5.41, 5.74) is 0. The van der Waals surface area contributed by atoms with Crippen LogP contribution in [0, 0.1) is 0 Å². The summed E-state index contributed by atoms with van der Waals surface area (Å²) in [5, 5.41) is 3.21. The second-order valence-corrected chi connectivity index (χ2v) is 5.19. The Morgan fingerprint density at radius 2 is 1.30 bits per heavy atom. The van der Waals surface area contributed by atoms with E-state index < -0.39 is 11.8 Å². The molecule has 2 aliphatic rings. The average molecular weight is 282 g/mol. The lowest BCUT2D eigenvalue weighted by Gasteiger charge is -2.34. The van der Waals surface area contributed by atoms with E-state index in [1.54, 1.807) is 14.7 Å². The summed E-state index contributed by atoms with van der Waals surface area (Å²) in [6.45, 7) is 6.25. The lowest BCUT2D eigenvalue weighted by molar-refractivity contribution is -0.153. The highest BCUT2D eigenvalue weighted by molar-refractivity contribution is 6.34. The van der Waals surface area contributed by atoms with E-state index in [0.717, 1.165) is 19.5 Å². The van der Waals surface area contributed by atoms with Gasteiger partial charge in [-0.2, -0.15) is 0 Å². The predicted octanol–water partition coefficient (Wildman–Crippen LogP) is -1.50. The SMILES string of the molecule is CC(=O)N1CCN(C(=O)C(=O)N2CCCNCC2)CC1. The normalized spacial score (nSPS) is 20.6. The van der Waals surface area contributed by atoms with E-state index in [0.29, 0.717) is 39.3 Å². The first kappa shape index (κ1) is 14.8. The number of hydrogen-bond acceptors (Lipinski definition) is 4. The largest absolute Gasteiger partial charge is 0.339 e. The van der Waals surface area contributed by atoms with Crippen LogP contribution >= 0.6 is 0 Å². The van der Waals surface area contributed by atoms with Crippen LogP contribution in [0.1, 0.15) is 13.3 Å². The molecule has 0 aromatic carbocycles. The van der Waals surface area contributed by atoms with Crippen LogP contribution in [0.5, 0.6) is 0 Å². The number of hydrogen-bond donors (Lipinski definition) is 1. The van der Waals surface area contributed by atoms with Crippen molar-refractivity contribution in [1.82, 2.24) is 20.0 Å². The fourth-order valence-electron chi connectivity index (χ4n) is 2.54. The molecule has 2 saturated heterocycles. The van der Waals surface area contributed by atoms with Gasteiger partial charge in [0.25, 0.3) is 0 Å². The highest BCUT2D eigenvalue weighted by Gasteiger charge is 2.30. The molecule has 0 radical (unpaired) electrons. The van der Waals surface area contributed by atoms with E-state index >= 15 is 0 Å². The highest BCUT2D eigenvalue weighted by atomic mass is 16.2. The quantitative estimate of drug-likeness (QED) is 0.549. The molecule has 20 heavy (non-hydrogen) atoms. The molecule has 0 bridgehead atoms. The zero-order valence-electron chi connectivity index (χ0n) is 11.9. The Labute approximate surface area is 118 Å². The standard InChI is InChI=1S/C13H22N4O3/c1-11(18)15-7-9-17(10-8-15)13(20)12(19)16-5-2-3-14-4-6-16/h14H,2-10H2,1H3. The van der Waals surface area contributed by atoms with Gasteiger partial charge in [0.2, 0.25) is 5.91 Å². The van der Waals surface area contributed by atoms with E-state index in [9.17, 15) is 14.4 Å². The maximum atomic E-state index is 12.2. The number of piperazine rings is 1. The lowest BCUT2D eigenvalue weighted by atomic mass is 10.3. The van der Waals surface area contributed by atoms with Crippen molar-refractivity contribution in [3.8, 4) is 0 Å². The Morgan fingerprint density at radius 1 is 0.750 bits per heavy atom. The first-order chi connectivity index (χ1) is 9.59. The molecule has 0 spiro atoms. The van der Waals surface area contributed by atoms with E-state index in [2.05, 4.69) is 5.32 Å². The van der Waals surface area contributed by atoms with Crippen molar-refractivity contribution in [2.45, 2.75) is 13.3 Å². The molecule has 3 amide bonds. The van der Waals surface area contributed by atoms with Crippen LogP contribution in [-0.2, 0) is 14.4 Å². The van der Waals surface area contributed by atoms with Gasteiger partial charge in [-0.15, -0.1) is 0 Å². The van der Waals surface area contributed by atoms with Gasteiger partial charge in [0.05, 0.1) is 0 Å². The summed E-state index contributed by atoms with van der Waals surface area (Å²) in [6, 6.07) is 0. The Morgan fingerprint density at radius 3 is 1.90 bits per heavy atom. The first-order valence-corrected chi connectivity index (χ1v) is 7.14. The Balaban J connectivity index is 1.87. The topological polar surface area (TPSA) is 73.0 Å². The van der Waals surface area contributed by atoms with Gasteiger partial charge in [0.15, 0.2) is 0 Å². The molecule has 2 fully saturated rings. The van der Waals surface area contributed by atoms with Gasteiger partial charge in [0.1, 0.15) is 0 Å². The molecule has 0 aliphatic carbocycles. The smallest absolute Gasteiger partial charge is 0.312 e. The van der Waals surface area contributed by atoms with Crippen molar-refractivity contribution < 1.29 is 14.4 Å². The van der Waals surface area contributed by atoms with Crippen molar-refractivity contribution in [3.05, 3.63) is 0 Å². The second-order valence-electron chi connectivity index (χ2n) is 5.19. The molecule has 2 aliphatic heterocycles. The lowest BCUT2D eigenvalue weighted by Crippen LogP contribution is -2.54. The van der Waals surface area contributed by atoms with Gasteiger partial charge < -0.3 is 20.0 Å². The first-order valence-electron chi connectivity index (χ1n) is 7.14. The van der Waals surface area contributed by atoms with Gasteiger partial charge in [-0.25, -0.2) is 0 Å². The minimum atomic E-state index is -0.435. The predicted molar refractivity (Wildman–Crippen MR) is 72.9 cm³/mol. The van der Waals surface area contributed by atoms with Gasteiger partial charge >= 0.3 is 11.8 Å². The van der Waals surface area contributed by atoms with Gasteiger partial charge in [-0.1, -0.05) is 0 Å². The molecule has 0 saturated carbocycles. The third-order valence-corrected chi connectivity index (χ3v) is 3.82. The van der Waals surface area contributed by atoms with Crippen LogP contribution in [0.4, 0.5) is 0 Å². The number of nitrogens with zero attached hydrogens (tertiary/aromatic N) is 3. The van der Waals surface area contributed by atoms with Gasteiger partial charge in [-0.3, -0.25) is 14.4 Å². The molecule has 2 rings (SSSR count). The molecule has 112 valence electrons. The van der Waals surface area contributed by atoms with Crippen molar-refractivity contribution >= 4 is 17.7 Å². The van der Waals surface area contributed by atoms with Crippen LogP contribution in [0.15, 0.2) is 0 Å². The van der Waals surface area contributed by atoms with Crippen LogP contribution in [0.25, 0.3) is 0 Å². The van der Waals surface area contributed by atoms with Crippen molar-refractivity contribution in [1.29, 1.82) is 0 Å². The Bertz CT molecular complexity index is 383. The van der Waals surface area contributed by atoms with E-state index in [1.807, 2.05) is 0 Å². The Hall–Kier alpha value is -1.63. The summed E-state index contributed by atoms with van der Waals surface area (Å²) in [4.78, 5) is 40.5. The molecule has 2 heterocycles. The van der Waals surface area contributed by atoms with Gasteiger partial charge in [0, 0.05) is 52.7 Å². The number of amides is 3. The van der Waals surface area contributed by atoms with Crippen molar-refractivity contribution in [2.24, 2.45) is 0 Å². The van der Waals surface area contributed by atoms with Crippen molar-refractivity contribution in [3.63, 3.8) is 0 Å². The zero-order chi connectivity index (χ0) is 14.5. The number of nitrogens with one attached hydrogen (secondary N) is 1. The Kier molecular flexibility index (Phi) is 4.94. The summed E-state index contributed by atoms with van der Waals surface area (Å²) in [6.07, 6.45) is 0.872. The fraction of sp³-hybridized carbons (Fsp3) is 0.769. The summed E-state index contributed by atoms with van der Waals surface area (Å²) >= 11 is 0. The number of carbonyl (C=O) groups excluding carboxylic acids is 3. The highest BCUT2D eigenvalue weighted by Crippen LogP contribution is 2.05. The summed E-state index contributed by atoms with van der Waals surface area (Å²) in [5.74, 6) is -0.831.